The van der Waals surface area contributed by atoms with Crippen LogP contribution in [0.4, 0.5) is 13.2 Å². The standard InChI is InChI=1S/C17H12F3N5O/c1-9-8-26-24-15(9)7-25-17-14(6-22-25)21-5-13(23-17)10-2-3-12(18)11(4-10)16(19)20/h2-6,8,16H,7H2,1H3. The molecule has 0 N–H and O–H groups in total. The van der Waals surface area contributed by atoms with Crippen LogP contribution in [-0.2, 0) is 6.54 Å². The van der Waals surface area contributed by atoms with Crippen molar-refractivity contribution in [2.24, 2.45) is 0 Å². The summed E-state index contributed by atoms with van der Waals surface area (Å²) in [5.41, 5.74) is 2.61. The maximum absolute atomic E-state index is 13.5. The molecule has 4 rings (SSSR count). The molecule has 0 atom stereocenters. The molecule has 6 nitrogen and oxygen atoms in total. The van der Waals surface area contributed by atoms with Gasteiger partial charge >= 0.3 is 0 Å². The van der Waals surface area contributed by atoms with Crippen LogP contribution in [0.15, 0.2) is 41.4 Å². The fraction of sp³-hybridized carbons (Fsp3) is 0.176. The van der Waals surface area contributed by atoms with Gasteiger partial charge in [0.25, 0.3) is 6.43 Å². The molecule has 9 heteroatoms. The van der Waals surface area contributed by atoms with E-state index in [0.717, 1.165) is 17.7 Å². The lowest BCUT2D eigenvalue weighted by atomic mass is 10.1. The van der Waals surface area contributed by atoms with Gasteiger partial charge in [0.15, 0.2) is 5.65 Å². The van der Waals surface area contributed by atoms with Crippen LogP contribution in [0.5, 0.6) is 0 Å². The molecule has 0 bridgehead atoms. The van der Waals surface area contributed by atoms with E-state index in [4.69, 9.17) is 4.52 Å². The lowest BCUT2D eigenvalue weighted by Crippen LogP contribution is -2.04. The zero-order chi connectivity index (χ0) is 18.3. The molecule has 0 aliphatic heterocycles. The quantitative estimate of drug-likeness (QED) is 0.552. The molecular weight excluding hydrogens is 347 g/mol. The van der Waals surface area contributed by atoms with Gasteiger partial charge in [-0.05, 0) is 25.1 Å². The van der Waals surface area contributed by atoms with E-state index in [0.29, 0.717) is 34.7 Å². The molecule has 0 unspecified atom stereocenters. The summed E-state index contributed by atoms with van der Waals surface area (Å²) in [6, 6.07) is 3.47. The normalized spacial score (nSPS) is 11.6. The number of alkyl halides is 2. The van der Waals surface area contributed by atoms with Crippen molar-refractivity contribution in [2.45, 2.75) is 19.9 Å². The summed E-state index contributed by atoms with van der Waals surface area (Å²) in [6.45, 7) is 2.19. The Hall–Kier alpha value is -3.23. The summed E-state index contributed by atoms with van der Waals surface area (Å²) in [6.07, 6.45) is 1.62. The van der Waals surface area contributed by atoms with E-state index in [2.05, 4.69) is 20.2 Å². The van der Waals surface area contributed by atoms with Crippen LogP contribution in [0, 0.1) is 12.7 Å². The first-order valence-electron chi connectivity index (χ1n) is 7.69. The fourth-order valence-electron chi connectivity index (χ4n) is 2.58. The van der Waals surface area contributed by atoms with E-state index >= 15 is 0 Å². The minimum Gasteiger partial charge on any atom is -0.364 e. The largest absolute Gasteiger partial charge is 0.364 e. The SMILES string of the molecule is Cc1conc1Cn1ncc2ncc(-c3ccc(F)c(C(F)F)c3)nc21. The van der Waals surface area contributed by atoms with Crippen molar-refractivity contribution < 1.29 is 17.7 Å². The number of nitrogens with zero attached hydrogens (tertiary/aromatic N) is 5. The van der Waals surface area contributed by atoms with Crippen molar-refractivity contribution in [2.75, 3.05) is 0 Å². The van der Waals surface area contributed by atoms with Crippen molar-refractivity contribution >= 4 is 11.2 Å². The highest BCUT2D eigenvalue weighted by Gasteiger charge is 2.16. The molecule has 1 aromatic carbocycles. The zero-order valence-corrected chi connectivity index (χ0v) is 13.5. The molecule has 0 amide bonds. The molecule has 0 aliphatic carbocycles. The fourth-order valence-corrected chi connectivity index (χ4v) is 2.58. The smallest absolute Gasteiger partial charge is 0.266 e. The second kappa shape index (κ2) is 6.25. The third-order valence-electron chi connectivity index (χ3n) is 4.02. The van der Waals surface area contributed by atoms with Crippen LogP contribution in [0.2, 0.25) is 0 Å². The van der Waals surface area contributed by atoms with Gasteiger partial charge in [0.05, 0.1) is 30.2 Å². The first kappa shape index (κ1) is 16.2. The molecule has 0 spiro atoms. The first-order chi connectivity index (χ1) is 12.5. The minimum absolute atomic E-state index is 0.329. The average Bonchev–Trinajstić information content (AvgIpc) is 3.22. The molecule has 0 saturated heterocycles. The van der Waals surface area contributed by atoms with Gasteiger partial charge in [-0.2, -0.15) is 5.10 Å². The lowest BCUT2D eigenvalue weighted by molar-refractivity contribution is 0.146. The van der Waals surface area contributed by atoms with Crippen LogP contribution in [-0.4, -0.2) is 24.9 Å². The topological polar surface area (TPSA) is 69.6 Å². The van der Waals surface area contributed by atoms with E-state index in [9.17, 15) is 13.2 Å². The molecule has 0 fully saturated rings. The van der Waals surface area contributed by atoms with E-state index in [-0.39, 0.29) is 0 Å². The van der Waals surface area contributed by atoms with Gasteiger partial charge < -0.3 is 4.52 Å². The van der Waals surface area contributed by atoms with Crippen molar-refractivity contribution in [1.29, 1.82) is 0 Å². The summed E-state index contributed by atoms with van der Waals surface area (Å²) in [5.74, 6) is -0.954. The number of benzene rings is 1. The Labute approximate surface area is 145 Å². The summed E-state index contributed by atoms with van der Waals surface area (Å²) in [4.78, 5) is 8.71. The Morgan fingerprint density at radius 2 is 2.08 bits per heavy atom. The van der Waals surface area contributed by atoms with Gasteiger partial charge in [-0.25, -0.2) is 27.8 Å². The van der Waals surface area contributed by atoms with Crippen LogP contribution in [0.1, 0.15) is 23.2 Å². The molecule has 4 aromatic rings. The Morgan fingerprint density at radius 1 is 1.23 bits per heavy atom. The minimum atomic E-state index is -2.91. The lowest BCUT2D eigenvalue weighted by Gasteiger charge is -2.06. The van der Waals surface area contributed by atoms with Crippen LogP contribution >= 0.6 is 0 Å². The number of aryl methyl sites for hydroxylation is 1. The van der Waals surface area contributed by atoms with Crippen molar-refractivity contribution in [3.05, 3.63) is 59.5 Å². The van der Waals surface area contributed by atoms with Crippen LogP contribution in [0.25, 0.3) is 22.4 Å². The van der Waals surface area contributed by atoms with Gasteiger partial charge in [-0.1, -0.05) is 5.16 Å². The first-order valence-corrected chi connectivity index (χ1v) is 7.69. The Morgan fingerprint density at radius 3 is 2.81 bits per heavy atom. The van der Waals surface area contributed by atoms with Gasteiger partial charge in [0.2, 0.25) is 0 Å². The van der Waals surface area contributed by atoms with Gasteiger partial charge in [-0.3, -0.25) is 0 Å². The average molecular weight is 359 g/mol. The second-order valence-electron chi connectivity index (χ2n) is 5.75. The third kappa shape index (κ3) is 2.81. The molecule has 3 heterocycles. The van der Waals surface area contributed by atoms with Crippen molar-refractivity contribution in [1.82, 2.24) is 24.9 Å². The third-order valence-corrected chi connectivity index (χ3v) is 4.02. The summed E-state index contributed by atoms with van der Waals surface area (Å²) >= 11 is 0. The predicted molar refractivity (Wildman–Crippen MR) is 86.0 cm³/mol. The van der Waals surface area contributed by atoms with Crippen LogP contribution < -0.4 is 0 Å². The van der Waals surface area contributed by atoms with Gasteiger partial charge in [-0.15, -0.1) is 0 Å². The van der Waals surface area contributed by atoms with Gasteiger partial charge in [0, 0.05) is 11.1 Å². The molecule has 0 saturated carbocycles. The molecule has 3 aromatic heterocycles. The number of aromatic nitrogens is 5. The highest BCUT2D eigenvalue weighted by molar-refractivity contribution is 5.73. The van der Waals surface area contributed by atoms with Crippen LogP contribution in [0.3, 0.4) is 0 Å². The van der Waals surface area contributed by atoms with Crippen molar-refractivity contribution in [3.8, 4) is 11.3 Å². The monoisotopic (exact) mass is 359 g/mol. The highest BCUT2D eigenvalue weighted by Crippen LogP contribution is 2.27. The van der Waals surface area contributed by atoms with E-state index in [1.54, 1.807) is 10.9 Å². The predicted octanol–water partition coefficient (Wildman–Crippen LogP) is 3.91. The maximum atomic E-state index is 13.5. The number of fused-ring (bicyclic) bond motifs is 1. The molecule has 132 valence electrons. The highest BCUT2D eigenvalue weighted by atomic mass is 19.3. The summed E-state index contributed by atoms with van der Waals surface area (Å²) in [5, 5.41) is 8.15. The summed E-state index contributed by atoms with van der Waals surface area (Å²) in [7, 11) is 0. The second-order valence-corrected chi connectivity index (χ2v) is 5.75. The van der Waals surface area contributed by atoms with Gasteiger partial charge in [0.1, 0.15) is 23.3 Å². The molecule has 0 aliphatic rings. The Balaban J connectivity index is 1.77. The molecule has 0 radical (unpaired) electrons. The zero-order valence-electron chi connectivity index (χ0n) is 13.5. The van der Waals surface area contributed by atoms with Crippen molar-refractivity contribution in [3.63, 3.8) is 0 Å². The maximum Gasteiger partial charge on any atom is 0.266 e. The van der Waals surface area contributed by atoms with E-state index in [1.807, 2.05) is 6.92 Å². The van der Waals surface area contributed by atoms with E-state index < -0.39 is 17.8 Å². The Kier molecular flexibility index (Phi) is 3.90. The number of halogens is 3. The number of hydrogen-bond donors (Lipinski definition) is 0. The number of rotatable bonds is 4. The van der Waals surface area contributed by atoms with E-state index in [1.165, 1.54) is 18.5 Å². The molecule has 26 heavy (non-hydrogen) atoms. The number of hydrogen-bond acceptors (Lipinski definition) is 5. The molecular formula is C17H12F3N5O. The Bertz CT molecular complexity index is 1090. The summed E-state index contributed by atoms with van der Waals surface area (Å²) < 4.78 is 45.9.